The van der Waals surface area contributed by atoms with E-state index in [0.717, 1.165) is 5.17 Å². The highest BCUT2D eigenvalue weighted by Gasteiger charge is 1.85. The lowest BCUT2D eigenvalue weighted by Crippen LogP contribution is -1.83. The molecule has 0 bridgehead atoms. The zero-order chi connectivity index (χ0) is 7.82. The summed E-state index contributed by atoms with van der Waals surface area (Å²) in [7, 11) is 0. The normalized spacial score (nSPS) is 13.7. The van der Waals surface area contributed by atoms with Crippen molar-refractivity contribution in [1.29, 1.82) is 0 Å². The summed E-state index contributed by atoms with van der Waals surface area (Å²) in [4.78, 5) is 8.07. The van der Waals surface area contributed by atoms with Crippen molar-refractivity contribution in [3.05, 3.63) is 12.3 Å². The summed E-state index contributed by atoms with van der Waals surface area (Å²) < 4.78 is 0. The van der Waals surface area contributed by atoms with Crippen LogP contribution in [0.25, 0.3) is 0 Å². The van der Waals surface area contributed by atoms with Crippen molar-refractivity contribution in [2.75, 3.05) is 6.26 Å². The Balaban J connectivity index is 4.04. The molecule has 0 aliphatic rings. The van der Waals surface area contributed by atoms with Crippen molar-refractivity contribution in [3.63, 3.8) is 0 Å². The fourth-order valence-electron chi connectivity index (χ4n) is 0.387. The number of hydrogen-bond acceptors (Lipinski definition) is 2. The third kappa shape index (κ3) is 4.32. The zero-order valence-electron chi connectivity index (χ0n) is 6.53. The SMILES string of the molecule is C\C=C/N=C(\N=C/C)SC. The highest BCUT2D eigenvalue weighted by Crippen LogP contribution is 1.99. The van der Waals surface area contributed by atoms with Crippen LogP contribution >= 0.6 is 11.8 Å². The molecular weight excluding hydrogens is 144 g/mol. The van der Waals surface area contributed by atoms with Crippen molar-refractivity contribution in [2.24, 2.45) is 9.98 Å². The van der Waals surface area contributed by atoms with Gasteiger partial charge in [0.1, 0.15) is 0 Å². The average molecular weight is 156 g/mol. The summed E-state index contributed by atoms with van der Waals surface area (Å²) in [6, 6.07) is 0. The van der Waals surface area contributed by atoms with Gasteiger partial charge in [0.05, 0.1) is 0 Å². The lowest BCUT2D eigenvalue weighted by atomic mass is 10.7. The van der Waals surface area contributed by atoms with Gasteiger partial charge in [-0.1, -0.05) is 17.8 Å². The largest absolute Gasteiger partial charge is 0.236 e. The van der Waals surface area contributed by atoms with Crippen molar-refractivity contribution in [2.45, 2.75) is 13.8 Å². The Morgan fingerprint density at radius 2 is 2.10 bits per heavy atom. The van der Waals surface area contributed by atoms with E-state index in [1.165, 1.54) is 11.8 Å². The third-order valence-corrected chi connectivity index (χ3v) is 1.33. The van der Waals surface area contributed by atoms with Crippen LogP contribution in [0.5, 0.6) is 0 Å². The van der Waals surface area contributed by atoms with Crippen LogP contribution in [0.3, 0.4) is 0 Å². The second kappa shape index (κ2) is 6.55. The molecule has 0 saturated heterocycles. The first-order chi connectivity index (χ1) is 4.85. The number of amidine groups is 1. The quantitative estimate of drug-likeness (QED) is 0.422. The predicted molar refractivity (Wildman–Crippen MR) is 49.9 cm³/mol. The van der Waals surface area contributed by atoms with Crippen LogP contribution in [0, 0.1) is 0 Å². The molecule has 2 nitrogen and oxygen atoms in total. The summed E-state index contributed by atoms with van der Waals surface area (Å²) in [5, 5.41) is 0.792. The van der Waals surface area contributed by atoms with Crippen molar-refractivity contribution >= 4 is 23.1 Å². The molecule has 0 aliphatic carbocycles. The van der Waals surface area contributed by atoms with E-state index < -0.39 is 0 Å². The molecule has 0 spiro atoms. The first-order valence-corrected chi connectivity index (χ1v) is 4.29. The van der Waals surface area contributed by atoms with E-state index in [9.17, 15) is 0 Å². The molecule has 0 heterocycles. The van der Waals surface area contributed by atoms with Gasteiger partial charge in [-0.15, -0.1) is 0 Å². The van der Waals surface area contributed by atoms with Crippen LogP contribution in [0.4, 0.5) is 0 Å². The predicted octanol–water partition coefficient (Wildman–Crippen LogP) is 2.33. The molecule has 0 aromatic carbocycles. The van der Waals surface area contributed by atoms with E-state index in [1.54, 1.807) is 12.4 Å². The van der Waals surface area contributed by atoms with Crippen molar-refractivity contribution < 1.29 is 0 Å². The van der Waals surface area contributed by atoms with E-state index in [1.807, 2.05) is 26.2 Å². The zero-order valence-corrected chi connectivity index (χ0v) is 7.35. The average Bonchev–Trinajstić information content (AvgIpc) is 1.98. The first-order valence-electron chi connectivity index (χ1n) is 3.06. The Morgan fingerprint density at radius 1 is 1.40 bits per heavy atom. The molecule has 0 radical (unpaired) electrons. The van der Waals surface area contributed by atoms with Gasteiger partial charge >= 0.3 is 0 Å². The topological polar surface area (TPSA) is 24.7 Å². The number of aliphatic imine (C=N–C) groups is 2. The van der Waals surface area contributed by atoms with E-state index >= 15 is 0 Å². The highest BCUT2D eigenvalue weighted by molar-refractivity contribution is 8.13. The molecule has 0 fully saturated rings. The molecule has 0 atom stereocenters. The van der Waals surface area contributed by atoms with Crippen molar-refractivity contribution in [1.82, 2.24) is 0 Å². The molecule has 0 aromatic rings. The fourth-order valence-corrected chi connectivity index (χ4v) is 0.765. The molecule has 0 amide bonds. The molecule has 0 N–H and O–H groups in total. The van der Waals surface area contributed by atoms with Crippen LogP contribution in [0.1, 0.15) is 13.8 Å². The molecule has 10 heavy (non-hydrogen) atoms. The Bertz CT molecular complexity index is 159. The second-order valence-corrected chi connectivity index (χ2v) is 2.26. The van der Waals surface area contributed by atoms with Crippen LogP contribution in [0.2, 0.25) is 0 Å². The van der Waals surface area contributed by atoms with E-state index in [4.69, 9.17) is 0 Å². The summed E-state index contributed by atoms with van der Waals surface area (Å²) in [5.74, 6) is 0. The van der Waals surface area contributed by atoms with Crippen LogP contribution < -0.4 is 0 Å². The van der Waals surface area contributed by atoms with Crippen molar-refractivity contribution in [3.8, 4) is 0 Å². The monoisotopic (exact) mass is 156 g/mol. The Labute approximate surface area is 66.2 Å². The number of nitrogens with zero attached hydrogens (tertiary/aromatic N) is 2. The molecule has 0 rings (SSSR count). The highest BCUT2D eigenvalue weighted by atomic mass is 32.2. The number of thioether (sulfide) groups is 1. The summed E-state index contributed by atoms with van der Waals surface area (Å²) >= 11 is 1.54. The lowest BCUT2D eigenvalue weighted by Gasteiger charge is -1.89. The molecule has 0 saturated carbocycles. The third-order valence-electron chi connectivity index (χ3n) is 0.756. The minimum absolute atomic E-state index is 0.792. The minimum atomic E-state index is 0.792. The molecule has 0 unspecified atom stereocenters. The van der Waals surface area contributed by atoms with E-state index in [0.29, 0.717) is 0 Å². The number of allylic oxidation sites excluding steroid dienone is 1. The first kappa shape index (κ1) is 9.43. The molecule has 3 heteroatoms. The fraction of sp³-hybridized carbons (Fsp3) is 0.429. The van der Waals surface area contributed by atoms with Gasteiger partial charge in [0, 0.05) is 12.4 Å². The van der Waals surface area contributed by atoms with Gasteiger partial charge in [0.2, 0.25) is 0 Å². The van der Waals surface area contributed by atoms with Gasteiger partial charge in [0.25, 0.3) is 0 Å². The summed E-state index contributed by atoms with van der Waals surface area (Å²) in [6.07, 6.45) is 7.30. The van der Waals surface area contributed by atoms with Crippen LogP contribution in [-0.4, -0.2) is 17.6 Å². The van der Waals surface area contributed by atoms with Gasteiger partial charge in [0.15, 0.2) is 5.17 Å². The smallest absolute Gasteiger partial charge is 0.186 e. The van der Waals surface area contributed by atoms with Gasteiger partial charge in [-0.25, -0.2) is 9.98 Å². The lowest BCUT2D eigenvalue weighted by molar-refractivity contribution is 1.51. The maximum atomic E-state index is 4.05. The number of rotatable bonds is 1. The molecule has 0 aromatic heterocycles. The van der Waals surface area contributed by atoms with Crippen LogP contribution in [-0.2, 0) is 0 Å². The molecular formula is C7H12N2S. The number of hydrogen-bond donors (Lipinski definition) is 0. The Morgan fingerprint density at radius 3 is 2.50 bits per heavy atom. The minimum Gasteiger partial charge on any atom is -0.236 e. The van der Waals surface area contributed by atoms with Crippen LogP contribution in [0.15, 0.2) is 22.3 Å². The van der Waals surface area contributed by atoms with E-state index in [-0.39, 0.29) is 0 Å². The van der Waals surface area contributed by atoms with Gasteiger partial charge in [-0.2, -0.15) is 0 Å². The Kier molecular flexibility index (Phi) is 6.18. The maximum absolute atomic E-state index is 4.05. The van der Waals surface area contributed by atoms with E-state index in [2.05, 4.69) is 9.98 Å². The standard InChI is InChI=1S/C7H12N2S/c1-4-6-9-7(10-3)8-5-2/h4-6H,1-3H3/b6-4-,8-5-,9-7+. The maximum Gasteiger partial charge on any atom is 0.186 e. The van der Waals surface area contributed by atoms with Gasteiger partial charge in [-0.05, 0) is 20.1 Å². The summed E-state index contributed by atoms with van der Waals surface area (Å²) in [5.41, 5.74) is 0. The second-order valence-electron chi connectivity index (χ2n) is 1.49. The molecule has 56 valence electrons. The summed E-state index contributed by atoms with van der Waals surface area (Å²) in [6.45, 7) is 3.80. The van der Waals surface area contributed by atoms with Gasteiger partial charge in [-0.3, -0.25) is 0 Å². The Hall–Kier alpha value is -0.570. The van der Waals surface area contributed by atoms with Gasteiger partial charge < -0.3 is 0 Å². The molecule has 0 aliphatic heterocycles.